The van der Waals surface area contributed by atoms with Gasteiger partial charge in [0.25, 0.3) is 0 Å². The van der Waals surface area contributed by atoms with Gasteiger partial charge in [-0.3, -0.25) is 5.41 Å². The summed E-state index contributed by atoms with van der Waals surface area (Å²) in [7, 11) is 1.63. The average molecular weight is 258 g/mol. The van der Waals surface area contributed by atoms with Crippen molar-refractivity contribution in [2.45, 2.75) is 6.61 Å². The second-order valence-electron chi connectivity index (χ2n) is 3.82. The number of nitrogens with one attached hydrogen (secondary N) is 1. The number of nitrogens with zero attached hydrogens (tertiary/aromatic N) is 2. The third-order valence-corrected chi connectivity index (χ3v) is 2.33. The molecule has 0 atom stereocenters. The van der Waals surface area contributed by atoms with Gasteiger partial charge < -0.3 is 15.2 Å². The number of amidine groups is 1. The van der Waals surface area contributed by atoms with Gasteiger partial charge in [0.15, 0.2) is 0 Å². The normalized spacial score (nSPS) is 10.2. The Hall–Kier alpha value is -2.47. The first kappa shape index (κ1) is 13.0. The van der Waals surface area contributed by atoms with Crippen LogP contribution in [0, 0.1) is 5.41 Å². The van der Waals surface area contributed by atoms with E-state index in [4.69, 9.17) is 20.6 Å². The Kier molecular flexibility index (Phi) is 4.04. The van der Waals surface area contributed by atoms with Crippen LogP contribution in [0.15, 0.2) is 36.5 Å². The van der Waals surface area contributed by atoms with Gasteiger partial charge in [0, 0.05) is 13.3 Å². The summed E-state index contributed by atoms with van der Waals surface area (Å²) in [6.45, 7) is 0.505. The van der Waals surface area contributed by atoms with Gasteiger partial charge in [-0.25, -0.2) is 4.98 Å². The van der Waals surface area contributed by atoms with E-state index in [2.05, 4.69) is 9.97 Å². The minimum absolute atomic E-state index is 0.125. The predicted octanol–water partition coefficient (Wildman–Crippen LogP) is 1.70. The molecule has 2 aromatic rings. The number of hydrogen-bond donors (Lipinski definition) is 2. The van der Waals surface area contributed by atoms with Crippen molar-refractivity contribution in [1.82, 2.24) is 9.97 Å². The molecule has 0 fully saturated rings. The Morgan fingerprint density at radius 3 is 2.95 bits per heavy atom. The molecule has 3 N–H and O–H groups in total. The Morgan fingerprint density at radius 2 is 2.21 bits per heavy atom. The first-order valence-corrected chi connectivity index (χ1v) is 5.62. The maximum Gasteiger partial charge on any atom is 0.322 e. The largest absolute Gasteiger partial charge is 0.424 e. The van der Waals surface area contributed by atoms with E-state index in [1.807, 2.05) is 18.2 Å². The average Bonchev–Trinajstić information content (AvgIpc) is 2.40. The monoisotopic (exact) mass is 258 g/mol. The van der Waals surface area contributed by atoms with Crippen LogP contribution in [0.25, 0.3) is 0 Å². The molecule has 1 aromatic carbocycles. The van der Waals surface area contributed by atoms with Gasteiger partial charge in [-0.1, -0.05) is 12.1 Å². The van der Waals surface area contributed by atoms with Crippen LogP contribution in [0.3, 0.4) is 0 Å². The van der Waals surface area contributed by atoms with Crippen LogP contribution in [0.2, 0.25) is 0 Å². The molecule has 0 saturated carbocycles. The van der Waals surface area contributed by atoms with Crippen LogP contribution in [0.5, 0.6) is 11.8 Å². The molecule has 0 radical (unpaired) electrons. The van der Waals surface area contributed by atoms with E-state index in [1.54, 1.807) is 19.2 Å². The summed E-state index contributed by atoms with van der Waals surface area (Å²) in [5, 5.41) is 7.32. The quantitative estimate of drug-likeness (QED) is 0.628. The molecule has 0 bridgehead atoms. The zero-order valence-electron chi connectivity index (χ0n) is 10.5. The van der Waals surface area contributed by atoms with E-state index in [1.165, 1.54) is 6.20 Å². The molecule has 0 aliphatic carbocycles. The van der Waals surface area contributed by atoms with E-state index in [9.17, 15) is 0 Å². The van der Waals surface area contributed by atoms with Gasteiger partial charge in [-0.2, -0.15) is 4.98 Å². The van der Waals surface area contributed by atoms with E-state index in [0.717, 1.165) is 5.56 Å². The van der Waals surface area contributed by atoms with Gasteiger partial charge in [-0.05, 0) is 23.8 Å². The van der Waals surface area contributed by atoms with Gasteiger partial charge in [-0.15, -0.1) is 0 Å². The molecule has 2 rings (SSSR count). The van der Waals surface area contributed by atoms with Gasteiger partial charge in [0.1, 0.15) is 17.3 Å². The third kappa shape index (κ3) is 3.49. The van der Waals surface area contributed by atoms with Crippen LogP contribution in [0.4, 0.5) is 0 Å². The number of hydrogen-bond acceptors (Lipinski definition) is 5. The van der Waals surface area contributed by atoms with Crippen LogP contribution in [-0.2, 0) is 11.3 Å². The Bertz CT molecular complexity index is 586. The molecule has 19 heavy (non-hydrogen) atoms. The van der Waals surface area contributed by atoms with Crippen molar-refractivity contribution in [2.75, 3.05) is 7.11 Å². The lowest BCUT2D eigenvalue weighted by molar-refractivity contribution is 0.184. The molecular weight excluding hydrogens is 244 g/mol. The molecule has 0 aliphatic rings. The molecule has 1 aromatic heterocycles. The number of benzene rings is 1. The van der Waals surface area contributed by atoms with Crippen molar-refractivity contribution in [3.63, 3.8) is 0 Å². The fourth-order valence-electron chi connectivity index (χ4n) is 1.51. The van der Waals surface area contributed by atoms with Crippen molar-refractivity contribution >= 4 is 5.84 Å². The lowest BCUT2D eigenvalue weighted by Crippen LogP contribution is -2.13. The third-order valence-electron chi connectivity index (χ3n) is 2.33. The van der Waals surface area contributed by atoms with Crippen LogP contribution < -0.4 is 10.5 Å². The molecule has 98 valence electrons. The number of methoxy groups -OCH3 is 1. The molecule has 0 unspecified atom stereocenters. The number of nitrogens with two attached hydrogens (primary N) is 1. The fraction of sp³-hybridized carbons (Fsp3) is 0.154. The van der Waals surface area contributed by atoms with Crippen molar-refractivity contribution in [1.29, 1.82) is 5.41 Å². The van der Waals surface area contributed by atoms with Gasteiger partial charge in [0.05, 0.1) is 6.61 Å². The molecule has 0 saturated heterocycles. The Morgan fingerprint density at radius 1 is 1.37 bits per heavy atom. The molecule has 0 spiro atoms. The first-order chi connectivity index (χ1) is 9.19. The summed E-state index contributed by atoms with van der Waals surface area (Å²) in [6.07, 6.45) is 1.50. The highest BCUT2D eigenvalue weighted by Crippen LogP contribution is 2.19. The van der Waals surface area contributed by atoms with E-state index in [0.29, 0.717) is 18.1 Å². The van der Waals surface area contributed by atoms with Crippen LogP contribution in [0.1, 0.15) is 11.3 Å². The van der Waals surface area contributed by atoms with Gasteiger partial charge >= 0.3 is 6.01 Å². The van der Waals surface area contributed by atoms with E-state index < -0.39 is 0 Å². The summed E-state index contributed by atoms with van der Waals surface area (Å²) in [5.74, 6) is 0.482. The zero-order chi connectivity index (χ0) is 13.7. The van der Waals surface area contributed by atoms with Crippen molar-refractivity contribution in [3.8, 4) is 11.8 Å². The number of nitrogen functional groups attached to an aromatic ring is 1. The fourth-order valence-corrected chi connectivity index (χ4v) is 1.51. The van der Waals surface area contributed by atoms with Crippen LogP contribution >= 0.6 is 0 Å². The summed E-state index contributed by atoms with van der Waals surface area (Å²) in [5.41, 5.74) is 6.68. The van der Waals surface area contributed by atoms with Crippen molar-refractivity contribution in [2.24, 2.45) is 5.73 Å². The van der Waals surface area contributed by atoms with E-state index >= 15 is 0 Å². The summed E-state index contributed by atoms with van der Waals surface area (Å²) >= 11 is 0. The summed E-state index contributed by atoms with van der Waals surface area (Å²) < 4.78 is 10.6. The molecule has 1 heterocycles. The molecule has 0 aliphatic heterocycles. The lowest BCUT2D eigenvalue weighted by Gasteiger charge is -2.06. The van der Waals surface area contributed by atoms with Gasteiger partial charge in [0.2, 0.25) is 0 Å². The minimum atomic E-state index is -0.125. The summed E-state index contributed by atoms with van der Waals surface area (Å²) in [4.78, 5) is 8.00. The van der Waals surface area contributed by atoms with Crippen molar-refractivity contribution in [3.05, 3.63) is 47.8 Å². The molecule has 0 amide bonds. The smallest absolute Gasteiger partial charge is 0.322 e. The first-order valence-electron chi connectivity index (χ1n) is 5.62. The Labute approximate surface area is 110 Å². The zero-order valence-corrected chi connectivity index (χ0v) is 10.5. The topological polar surface area (TPSA) is 94.1 Å². The summed E-state index contributed by atoms with van der Waals surface area (Å²) in [6, 6.07) is 9.14. The lowest BCUT2D eigenvalue weighted by atomic mass is 10.2. The van der Waals surface area contributed by atoms with E-state index in [-0.39, 0.29) is 11.8 Å². The molecule has 6 nitrogen and oxygen atoms in total. The second kappa shape index (κ2) is 5.92. The number of rotatable bonds is 5. The highest BCUT2D eigenvalue weighted by Gasteiger charge is 2.04. The second-order valence-corrected chi connectivity index (χ2v) is 3.82. The van der Waals surface area contributed by atoms with Crippen molar-refractivity contribution < 1.29 is 9.47 Å². The maximum atomic E-state index is 7.32. The molecular formula is C13H14N4O2. The Balaban J connectivity index is 2.18. The van der Waals surface area contributed by atoms with Crippen LogP contribution in [-0.4, -0.2) is 22.9 Å². The highest BCUT2D eigenvalue weighted by molar-refractivity contribution is 5.92. The number of aromatic nitrogens is 2. The maximum absolute atomic E-state index is 7.32. The predicted molar refractivity (Wildman–Crippen MR) is 70.3 cm³/mol. The SMILES string of the molecule is COCc1cccc(Oc2nccc(C(=N)N)n2)c1. The minimum Gasteiger partial charge on any atom is -0.424 e. The highest BCUT2D eigenvalue weighted by atomic mass is 16.5. The standard InChI is InChI=1S/C13H14N4O2/c1-18-8-9-3-2-4-10(7-9)19-13-16-6-5-11(17-13)12(14)15/h2-7H,8H2,1H3,(H3,14,15). The molecule has 6 heteroatoms. The number of ether oxygens (including phenoxy) is 2.